The molecule has 0 unspecified atom stereocenters. The highest BCUT2D eigenvalue weighted by atomic mass is 35.5. The van der Waals surface area contributed by atoms with E-state index in [2.05, 4.69) is 15.6 Å². The molecular weight excluding hydrogens is 378 g/mol. The van der Waals surface area contributed by atoms with Gasteiger partial charge in [0.05, 0.1) is 23.9 Å². The van der Waals surface area contributed by atoms with Crippen LogP contribution in [0, 0.1) is 13.8 Å². The predicted octanol–water partition coefficient (Wildman–Crippen LogP) is 5.33. The molecule has 0 aliphatic carbocycles. The first-order valence-electron chi connectivity index (χ1n) is 8.96. The molecule has 0 bridgehead atoms. The van der Waals surface area contributed by atoms with Crippen LogP contribution >= 0.6 is 11.6 Å². The van der Waals surface area contributed by atoms with Gasteiger partial charge in [0.1, 0.15) is 17.2 Å². The molecule has 28 heavy (non-hydrogen) atoms. The number of nitrogens with one attached hydrogen (secondary N) is 2. The smallest absolute Gasteiger partial charge is 0.319 e. The molecule has 146 valence electrons. The van der Waals surface area contributed by atoms with Crippen molar-refractivity contribution in [3.63, 3.8) is 0 Å². The van der Waals surface area contributed by atoms with Crippen LogP contribution in [0.2, 0.25) is 5.02 Å². The Labute approximate surface area is 168 Å². The van der Waals surface area contributed by atoms with Crippen molar-refractivity contribution in [2.24, 2.45) is 0 Å². The van der Waals surface area contributed by atoms with E-state index in [-0.39, 0.29) is 12.6 Å². The average Bonchev–Trinajstić information content (AvgIpc) is 3.04. The second-order valence-electron chi connectivity index (χ2n) is 6.27. The molecule has 3 aromatic rings. The Morgan fingerprint density at radius 1 is 1.18 bits per heavy atom. The highest BCUT2D eigenvalue weighted by molar-refractivity contribution is 6.33. The lowest BCUT2D eigenvalue weighted by atomic mass is 10.2. The van der Waals surface area contributed by atoms with E-state index in [1.807, 2.05) is 51.1 Å². The molecule has 0 aliphatic rings. The number of anilines is 1. The van der Waals surface area contributed by atoms with Crippen molar-refractivity contribution in [3.8, 4) is 17.2 Å². The van der Waals surface area contributed by atoms with Crippen molar-refractivity contribution in [3.05, 3.63) is 64.5 Å². The van der Waals surface area contributed by atoms with Crippen molar-refractivity contribution >= 4 is 23.3 Å². The number of urea groups is 1. The van der Waals surface area contributed by atoms with E-state index in [1.54, 1.807) is 12.1 Å². The summed E-state index contributed by atoms with van der Waals surface area (Å²) >= 11 is 6.14. The van der Waals surface area contributed by atoms with Gasteiger partial charge in [0.15, 0.2) is 0 Å². The zero-order valence-corrected chi connectivity index (χ0v) is 16.8. The van der Waals surface area contributed by atoms with Crippen molar-refractivity contribution in [2.75, 3.05) is 11.9 Å². The van der Waals surface area contributed by atoms with Gasteiger partial charge in [-0.15, -0.1) is 0 Å². The third-order valence-corrected chi connectivity index (χ3v) is 4.41. The van der Waals surface area contributed by atoms with Gasteiger partial charge in [-0.25, -0.2) is 9.78 Å². The number of carbonyl (C=O) groups is 1. The molecule has 0 saturated heterocycles. The minimum atomic E-state index is -0.365. The van der Waals surface area contributed by atoms with Crippen molar-refractivity contribution in [1.82, 2.24) is 10.3 Å². The number of aromatic nitrogens is 1. The zero-order valence-electron chi connectivity index (χ0n) is 16.0. The molecule has 3 rings (SSSR count). The summed E-state index contributed by atoms with van der Waals surface area (Å²) in [7, 11) is 0. The molecular formula is C21H22ClN3O3. The van der Waals surface area contributed by atoms with Crippen LogP contribution in [-0.4, -0.2) is 17.6 Å². The average molecular weight is 400 g/mol. The fourth-order valence-corrected chi connectivity index (χ4v) is 2.91. The molecule has 2 amide bonds. The summed E-state index contributed by atoms with van der Waals surface area (Å²) < 4.78 is 11.2. The van der Waals surface area contributed by atoms with E-state index < -0.39 is 0 Å². The molecule has 0 atom stereocenters. The first kappa shape index (κ1) is 19.8. The number of rotatable bonds is 6. The van der Waals surface area contributed by atoms with E-state index in [9.17, 15) is 4.79 Å². The van der Waals surface area contributed by atoms with Gasteiger partial charge in [0.25, 0.3) is 0 Å². The van der Waals surface area contributed by atoms with Gasteiger partial charge in [0, 0.05) is 5.56 Å². The van der Waals surface area contributed by atoms with E-state index in [0.29, 0.717) is 34.7 Å². The lowest BCUT2D eigenvalue weighted by molar-refractivity contribution is 0.251. The number of ether oxygens (including phenoxy) is 1. The normalized spacial score (nSPS) is 10.6. The lowest BCUT2D eigenvalue weighted by Gasteiger charge is -2.08. The summed E-state index contributed by atoms with van der Waals surface area (Å²) in [5.41, 5.74) is 3.08. The molecule has 2 aromatic carbocycles. The number of nitrogens with zero attached hydrogens (tertiary/aromatic N) is 1. The molecule has 0 radical (unpaired) electrons. The molecule has 0 saturated carbocycles. The number of hydrogen-bond donors (Lipinski definition) is 2. The molecule has 2 N–H and O–H groups in total. The zero-order chi connectivity index (χ0) is 20.1. The van der Waals surface area contributed by atoms with Gasteiger partial charge in [-0.05, 0) is 62.7 Å². The van der Waals surface area contributed by atoms with Crippen LogP contribution in [0.3, 0.4) is 0 Å². The van der Waals surface area contributed by atoms with Crippen LogP contribution < -0.4 is 15.4 Å². The standard InChI is InChI=1S/C21H22ClN3O3/c1-4-27-16-8-6-15(7-9-16)20-24-19(14(3)28-20)12-23-21(26)25-18-10-5-13(2)11-17(18)22/h5-11H,4,12H2,1-3H3,(H2,23,25,26). The summed E-state index contributed by atoms with van der Waals surface area (Å²) in [5, 5.41) is 5.99. The number of benzene rings is 2. The molecule has 1 heterocycles. The van der Waals surface area contributed by atoms with E-state index in [1.165, 1.54) is 0 Å². The molecule has 7 heteroatoms. The molecule has 6 nitrogen and oxygen atoms in total. The predicted molar refractivity (Wildman–Crippen MR) is 110 cm³/mol. The maximum atomic E-state index is 12.2. The topological polar surface area (TPSA) is 76.4 Å². The van der Waals surface area contributed by atoms with Gasteiger partial charge in [-0.3, -0.25) is 0 Å². The summed E-state index contributed by atoms with van der Waals surface area (Å²) in [6.07, 6.45) is 0. The highest BCUT2D eigenvalue weighted by Crippen LogP contribution is 2.25. The Balaban J connectivity index is 1.62. The fraction of sp³-hybridized carbons (Fsp3) is 0.238. The van der Waals surface area contributed by atoms with Gasteiger partial charge in [-0.1, -0.05) is 17.7 Å². The SMILES string of the molecule is CCOc1ccc(-c2nc(CNC(=O)Nc3ccc(C)cc3Cl)c(C)o2)cc1. The van der Waals surface area contributed by atoms with Gasteiger partial charge < -0.3 is 19.8 Å². The fourth-order valence-electron chi connectivity index (χ4n) is 2.63. The molecule has 1 aromatic heterocycles. The van der Waals surface area contributed by atoms with Crippen molar-refractivity contribution < 1.29 is 13.9 Å². The first-order valence-corrected chi connectivity index (χ1v) is 9.34. The number of amides is 2. The summed E-state index contributed by atoms with van der Waals surface area (Å²) in [5.74, 6) is 1.94. The van der Waals surface area contributed by atoms with Gasteiger partial charge in [0.2, 0.25) is 5.89 Å². The Morgan fingerprint density at radius 3 is 2.61 bits per heavy atom. The van der Waals surface area contributed by atoms with Gasteiger partial charge >= 0.3 is 6.03 Å². The van der Waals surface area contributed by atoms with E-state index in [0.717, 1.165) is 16.9 Å². The number of oxazole rings is 1. The number of aryl methyl sites for hydroxylation is 2. The maximum absolute atomic E-state index is 12.2. The van der Waals surface area contributed by atoms with Crippen molar-refractivity contribution in [1.29, 1.82) is 0 Å². The second-order valence-corrected chi connectivity index (χ2v) is 6.68. The second kappa shape index (κ2) is 8.80. The number of carbonyl (C=O) groups excluding carboxylic acids is 1. The summed E-state index contributed by atoms with van der Waals surface area (Å²) in [6.45, 7) is 6.54. The van der Waals surface area contributed by atoms with E-state index >= 15 is 0 Å². The van der Waals surface area contributed by atoms with Crippen LogP contribution in [0.25, 0.3) is 11.5 Å². The Kier molecular flexibility index (Phi) is 6.21. The maximum Gasteiger partial charge on any atom is 0.319 e. The Bertz CT molecular complexity index is 968. The third-order valence-electron chi connectivity index (χ3n) is 4.09. The summed E-state index contributed by atoms with van der Waals surface area (Å²) in [6, 6.07) is 12.6. The minimum Gasteiger partial charge on any atom is -0.494 e. The van der Waals surface area contributed by atoms with Gasteiger partial charge in [-0.2, -0.15) is 0 Å². The van der Waals surface area contributed by atoms with E-state index in [4.69, 9.17) is 20.8 Å². The highest BCUT2D eigenvalue weighted by Gasteiger charge is 2.13. The van der Waals surface area contributed by atoms with Crippen molar-refractivity contribution in [2.45, 2.75) is 27.3 Å². The Morgan fingerprint density at radius 2 is 1.93 bits per heavy atom. The first-order chi connectivity index (χ1) is 13.5. The van der Waals surface area contributed by atoms with Crippen LogP contribution in [0.1, 0.15) is 23.9 Å². The number of hydrogen-bond acceptors (Lipinski definition) is 4. The third kappa shape index (κ3) is 4.84. The quantitative estimate of drug-likeness (QED) is 0.587. The minimum absolute atomic E-state index is 0.238. The lowest BCUT2D eigenvalue weighted by Crippen LogP contribution is -2.28. The number of halogens is 1. The molecule has 0 aliphatic heterocycles. The van der Waals surface area contributed by atoms with Crippen LogP contribution in [0.5, 0.6) is 5.75 Å². The van der Waals surface area contributed by atoms with Crippen LogP contribution in [0.15, 0.2) is 46.9 Å². The summed E-state index contributed by atoms with van der Waals surface area (Å²) in [4.78, 5) is 16.6. The molecule has 0 fully saturated rings. The van der Waals surface area contributed by atoms with Crippen LogP contribution in [0.4, 0.5) is 10.5 Å². The Hall–Kier alpha value is -2.99. The largest absolute Gasteiger partial charge is 0.494 e. The molecule has 0 spiro atoms. The van der Waals surface area contributed by atoms with Crippen LogP contribution in [-0.2, 0) is 6.54 Å². The monoisotopic (exact) mass is 399 g/mol.